The van der Waals surface area contributed by atoms with E-state index in [0.29, 0.717) is 5.69 Å². The van der Waals surface area contributed by atoms with Crippen molar-refractivity contribution in [2.45, 2.75) is 33.1 Å². The number of hydrogen-bond acceptors (Lipinski definition) is 2. The number of nitrogens with zero attached hydrogens (tertiary/aromatic N) is 1. The molecule has 0 spiro atoms. The summed E-state index contributed by atoms with van der Waals surface area (Å²) in [6.45, 7) is 4.16. The molecule has 0 aliphatic rings. The van der Waals surface area contributed by atoms with Gasteiger partial charge in [-0.25, -0.2) is 0 Å². The number of H-pyrrole nitrogens is 1. The molecule has 0 bridgehead atoms. The summed E-state index contributed by atoms with van der Waals surface area (Å²) in [5.41, 5.74) is 3.42. The molecule has 1 aromatic carbocycles. The Morgan fingerprint density at radius 1 is 1.32 bits per heavy atom. The van der Waals surface area contributed by atoms with E-state index in [1.54, 1.807) is 0 Å². The second-order valence-electron chi connectivity index (χ2n) is 4.49. The Balaban J connectivity index is 2.11. The number of anilines is 1. The number of amides is 1. The normalized spacial score (nSPS) is 10.4. The first-order chi connectivity index (χ1) is 9.24. The largest absolute Gasteiger partial charge is 0.320 e. The molecule has 4 heteroatoms. The molecule has 2 N–H and O–H groups in total. The van der Waals surface area contributed by atoms with Gasteiger partial charge in [-0.05, 0) is 30.5 Å². The fourth-order valence-electron chi connectivity index (χ4n) is 2.01. The highest BCUT2D eigenvalue weighted by molar-refractivity contribution is 6.03. The first kappa shape index (κ1) is 13.3. The molecule has 2 rings (SSSR count). The van der Waals surface area contributed by atoms with Crippen molar-refractivity contribution in [2.24, 2.45) is 0 Å². The Morgan fingerprint density at radius 2 is 2.11 bits per heavy atom. The van der Waals surface area contributed by atoms with Crippen molar-refractivity contribution in [3.8, 4) is 0 Å². The highest BCUT2D eigenvalue weighted by atomic mass is 16.1. The van der Waals surface area contributed by atoms with Crippen LogP contribution in [0.1, 0.15) is 42.0 Å². The van der Waals surface area contributed by atoms with Crippen LogP contribution in [0.3, 0.4) is 0 Å². The second kappa shape index (κ2) is 6.18. The number of benzene rings is 1. The molecule has 1 amide bonds. The maximum atomic E-state index is 12.1. The number of rotatable bonds is 5. The van der Waals surface area contributed by atoms with Crippen molar-refractivity contribution >= 4 is 11.6 Å². The molecule has 4 nitrogen and oxygen atoms in total. The molecule has 2 aromatic rings. The van der Waals surface area contributed by atoms with Crippen molar-refractivity contribution in [3.05, 3.63) is 47.3 Å². The molecule has 1 aromatic heterocycles. The van der Waals surface area contributed by atoms with E-state index in [4.69, 9.17) is 0 Å². The van der Waals surface area contributed by atoms with E-state index in [2.05, 4.69) is 29.4 Å². The van der Waals surface area contributed by atoms with Crippen LogP contribution in [0.15, 0.2) is 30.3 Å². The van der Waals surface area contributed by atoms with Crippen molar-refractivity contribution in [2.75, 3.05) is 5.32 Å². The molecular formula is C15H19N3O. The average Bonchev–Trinajstić information content (AvgIpc) is 2.88. The Labute approximate surface area is 113 Å². The van der Waals surface area contributed by atoms with Gasteiger partial charge in [0, 0.05) is 11.4 Å². The summed E-state index contributed by atoms with van der Waals surface area (Å²) in [6.07, 6.45) is 2.83. The zero-order valence-corrected chi connectivity index (χ0v) is 11.4. The lowest BCUT2D eigenvalue weighted by molar-refractivity contribution is 0.102. The Hall–Kier alpha value is -2.10. The molecule has 0 saturated carbocycles. The summed E-state index contributed by atoms with van der Waals surface area (Å²) in [7, 11) is 0. The minimum atomic E-state index is -0.167. The summed E-state index contributed by atoms with van der Waals surface area (Å²) >= 11 is 0. The maximum absolute atomic E-state index is 12.1. The number of para-hydroxylation sites is 1. The smallest absolute Gasteiger partial charge is 0.276 e. The first-order valence-electron chi connectivity index (χ1n) is 6.68. The number of carbonyl (C=O) groups is 1. The third-order valence-electron chi connectivity index (χ3n) is 3.03. The third-order valence-corrected chi connectivity index (χ3v) is 3.03. The standard InChI is InChI=1S/C15H19N3O/c1-3-7-12-10-14(18-17-12)15(19)16-13-9-6-5-8-11(13)4-2/h5-6,8-10H,3-4,7H2,1-2H3,(H,16,19)(H,17,18). The van der Waals surface area contributed by atoms with Crippen molar-refractivity contribution in [1.29, 1.82) is 0 Å². The number of nitrogens with one attached hydrogen (secondary N) is 2. The van der Waals surface area contributed by atoms with Crippen LogP contribution in [0.25, 0.3) is 0 Å². The molecular weight excluding hydrogens is 238 g/mol. The molecule has 100 valence electrons. The lowest BCUT2D eigenvalue weighted by Crippen LogP contribution is -2.13. The van der Waals surface area contributed by atoms with Gasteiger partial charge in [0.25, 0.3) is 5.91 Å². The van der Waals surface area contributed by atoms with Gasteiger partial charge in [-0.3, -0.25) is 9.89 Å². The number of aryl methyl sites for hydroxylation is 2. The fourth-order valence-corrected chi connectivity index (χ4v) is 2.01. The molecule has 0 fully saturated rings. The molecule has 0 aliphatic carbocycles. The van der Waals surface area contributed by atoms with Gasteiger partial charge < -0.3 is 5.32 Å². The van der Waals surface area contributed by atoms with Crippen LogP contribution in [0.2, 0.25) is 0 Å². The lowest BCUT2D eigenvalue weighted by Gasteiger charge is -2.07. The topological polar surface area (TPSA) is 57.8 Å². The van der Waals surface area contributed by atoms with Gasteiger partial charge in [-0.15, -0.1) is 0 Å². The van der Waals surface area contributed by atoms with Gasteiger partial charge in [0.2, 0.25) is 0 Å². The second-order valence-corrected chi connectivity index (χ2v) is 4.49. The van der Waals surface area contributed by atoms with Crippen molar-refractivity contribution < 1.29 is 4.79 Å². The van der Waals surface area contributed by atoms with Gasteiger partial charge in [0.05, 0.1) is 0 Å². The highest BCUT2D eigenvalue weighted by Crippen LogP contribution is 2.16. The van der Waals surface area contributed by atoms with Gasteiger partial charge in [-0.2, -0.15) is 5.10 Å². The Kier molecular flexibility index (Phi) is 4.34. The van der Waals surface area contributed by atoms with Crippen molar-refractivity contribution in [1.82, 2.24) is 10.2 Å². The van der Waals surface area contributed by atoms with Crippen LogP contribution in [-0.4, -0.2) is 16.1 Å². The van der Waals surface area contributed by atoms with E-state index in [1.807, 2.05) is 30.3 Å². The summed E-state index contributed by atoms with van der Waals surface area (Å²) < 4.78 is 0. The SMILES string of the molecule is CCCc1cc(C(=O)Nc2ccccc2CC)n[nH]1. The van der Waals surface area contributed by atoms with Gasteiger partial charge in [0.1, 0.15) is 0 Å². The number of aromatic nitrogens is 2. The number of hydrogen-bond donors (Lipinski definition) is 2. The van der Waals surface area contributed by atoms with E-state index in [9.17, 15) is 4.79 Å². The van der Waals surface area contributed by atoms with Crippen LogP contribution < -0.4 is 5.32 Å². The van der Waals surface area contributed by atoms with Crippen LogP contribution in [0.4, 0.5) is 5.69 Å². The van der Waals surface area contributed by atoms with E-state index in [0.717, 1.165) is 36.2 Å². The van der Waals surface area contributed by atoms with Gasteiger partial charge >= 0.3 is 0 Å². The molecule has 0 radical (unpaired) electrons. The van der Waals surface area contributed by atoms with Gasteiger partial charge in [0.15, 0.2) is 5.69 Å². The summed E-state index contributed by atoms with van der Waals surface area (Å²) in [5, 5.41) is 9.85. The van der Waals surface area contributed by atoms with E-state index in [-0.39, 0.29) is 5.91 Å². The Morgan fingerprint density at radius 3 is 2.84 bits per heavy atom. The predicted molar refractivity (Wildman–Crippen MR) is 76.4 cm³/mol. The van der Waals surface area contributed by atoms with E-state index < -0.39 is 0 Å². The first-order valence-corrected chi connectivity index (χ1v) is 6.68. The van der Waals surface area contributed by atoms with Crippen LogP contribution in [0.5, 0.6) is 0 Å². The minimum Gasteiger partial charge on any atom is -0.320 e. The highest BCUT2D eigenvalue weighted by Gasteiger charge is 2.11. The molecule has 0 atom stereocenters. The minimum absolute atomic E-state index is 0.167. The molecule has 19 heavy (non-hydrogen) atoms. The summed E-state index contributed by atoms with van der Waals surface area (Å²) in [5.74, 6) is -0.167. The zero-order chi connectivity index (χ0) is 13.7. The summed E-state index contributed by atoms with van der Waals surface area (Å²) in [6, 6.07) is 9.64. The molecule has 0 saturated heterocycles. The number of aromatic amines is 1. The van der Waals surface area contributed by atoms with Crippen LogP contribution >= 0.6 is 0 Å². The maximum Gasteiger partial charge on any atom is 0.276 e. The third kappa shape index (κ3) is 3.22. The number of carbonyl (C=O) groups excluding carboxylic acids is 1. The van der Waals surface area contributed by atoms with Crippen LogP contribution in [0, 0.1) is 0 Å². The van der Waals surface area contributed by atoms with Crippen molar-refractivity contribution in [3.63, 3.8) is 0 Å². The summed E-state index contributed by atoms with van der Waals surface area (Å²) in [4.78, 5) is 12.1. The van der Waals surface area contributed by atoms with Crippen LogP contribution in [-0.2, 0) is 12.8 Å². The lowest BCUT2D eigenvalue weighted by atomic mass is 10.1. The predicted octanol–water partition coefficient (Wildman–Crippen LogP) is 3.18. The van der Waals surface area contributed by atoms with E-state index >= 15 is 0 Å². The fraction of sp³-hybridized carbons (Fsp3) is 0.333. The van der Waals surface area contributed by atoms with E-state index in [1.165, 1.54) is 0 Å². The quantitative estimate of drug-likeness (QED) is 0.864. The molecule has 1 heterocycles. The van der Waals surface area contributed by atoms with Gasteiger partial charge in [-0.1, -0.05) is 38.5 Å². The average molecular weight is 257 g/mol. The Bertz CT molecular complexity index is 560. The monoisotopic (exact) mass is 257 g/mol. The molecule has 0 unspecified atom stereocenters. The zero-order valence-electron chi connectivity index (χ0n) is 11.4. The molecule has 0 aliphatic heterocycles.